The number of carbonyl (C=O) groups is 1. The second-order valence-electron chi connectivity index (χ2n) is 7.74. The topological polar surface area (TPSA) is 188 Å². The van der Waals surface area contributed by atoms with E-state index in [0.29, 0.717) is 0 Å². The Bertz CT molecular complexity index is 1030. The standard InChI is InChI=1S/C21H22O10/c22-5-7-3-9-13(21-20(30)19(29)17(27)12(6-23)31-21)8-1-2-10(24)16(26)15(8)18(28)14(9)11(25)4-7/h1-4,12-13,17,19-27,29-30H,5-6H2. The maximum atomic E-state index is 13.1. The molecule has 166 valence electrons. The fraction of sp³-hybridized carbons (Fsp3) is 0.381. The van der Waals surface area contributed by atoms with Crippen LogP contribution < -0.4 is 0 Å². The van der Waals surface area contributed by atoms with Crippen molar-refractivity contribution in [3.63, 3.8) is 0 Å². The molecule has 2 aromatic carbocycles. The molecule has 1 aliphatic heterocycles. The average molecular weight is 434 g/mol. The molecule has 10 heteroatoms. The van der Waals surface area contributed by atoms with E-state index in [2.05, 4.69) is 0 Å². The number of aliphatic hydroxyl groups is 5. The number of benzene rings is 2. The lowest BCUT2D eigenvalue weighted by Gasteiger charge is -2.45. The minimum atomic E-state index is -1.69. The van der Waals surface area contributed by atoms with Gasteiger partial charge in [0.1, 0.15) is 30.2 Å². The van der Waals surface area contributed by atoms with Gasteiger partial charge in [-0.15, -0.1) is 0 Å². The van der Waals surface area contributed by atoms with Gasteiger partial charge in [0, 0.05) is 5.92 Å². The van der Waals surface area contributed by atoms with Crippen LogP contribution in [0.25, 0.3) is 0 Å². The van der Waals surface area contributed by atoms with Gasteiger partial charge in [-0.05, 0) is 28.8 Å². The van der Waals surface area contributed by atoms with Crippen LogP contribution in [0.2, 0.25) is 0 Å². The maximum Gasteiger partial charge on any atom is 0.201 e. The van der Waals surface area contributed by atoms with Crippen LogP contribution in [-0.2, 0) is 11.3 Å². The van der Waals surface area contributed by atoms with E-state index in [1.54, 1.807) is 0 Å². The van der Waals surface area contributed by atoms with Gasteiger partial charge in [-0.2, -0.15) is 0 Å². The molecule has 1 heterocycles. The van der Waals surface area contributed by atoms with Gasteiger partial charge in [-0.25, -0.2) is 0 Å². The molecular weight excluding hydrogens is 412 g/mol. The molecule has 0 amide bonds. The van der Waals surface area contributed by atoms with Crippen LogP contribution in [-0.4, -0.2) is 83.8 Å². The van der Waals surface area contributed by atoms with Crippen LogP contribution in [0.4, 0.5) is 0 Å². The molecule has 31 heavy (non-hydrogen) atoms. The first-order valence-electron chi connectivity index (χ1n) is 9.57. The Morgan fingerprint density at radius 3 is 2.19 bits per heavy atom. The Morgan fingerprint density at radius 2 is 1.55 bits per heavy atom. The minimum Gasteiger partial charge on any atom is -0.507 e. The lowest BCUT2D eigenvalue weighted by atomic mass is 9.71. The van der Waals surface area contributed by atoms with Gasteiger partial charge in [0.2, 0.25) is 5.78 Å². The average Bonchev–Trinajstić information content (AvgIpc) is 2.75. The zero-order chi connectivity index (χ0) is 22.6. The minimum absolute atomic E-state index is 0.131. The number of ketones is 1. The van der Waals surface area contributed by atoms with Crippen LogP contribution in [0.5, 0.6) is 17.2 Å². The highest BCUT2D eigenvalue weighted by Gasteiger charge is 2.50. The number of fused-ring (bicyclic) bond motifs is 2. The summed E-state index contributed by atoms with van der Waals surface area (Å²) in [6, 6.07) is 5.07. The van der Waals surface area contributed by atoms with Gasteiger partial charge in [-0.1, -0.05) is 12.1 Å². The molecule has 0 radical (unpaired) electrons. The molecule has 6 unspecified atom stereocenters. The summed E-state index contributed by atoms with van der Waals surface area (Å²) >= 11 is 0. The third kappa shape index (κ3) is 3.16. The number of phenols is 3. The van der Waals surface area contributed by atoms with Crippen molar-refractivity contribution < 1.29 is 50.4 Å². The van der Waals surface area contributed by atoms with Crippen molar-refractivity contribution >= 4 is 5.78 Å². The lowest BCUT2D eigenvalue weighted by Crippen LogP contribution is -2.60. The van der Waals surface area contributed by atoms with Crippen LogP contribution >= 0.6 is 0 Å². The van der Waals surface area contributed by atoms with Crippen molar-refractivity contribution in [1.82, 2.24) is 0 Å². The fourth-order valence-corrected chi connectivity index (χ4v) is 4.44. The van der Waals surface area contributed by atoms with Crippen molar-refractivity contribution in [3.05, 3.63) is 52.1 Å². The zero-order valence-electron chi connectivity index (χ0n) is 16.1. The van der Waals surface area contributed by atoms with Crippen LogP contribution in [0.3, 0.4) is 0 Å². The summed E-state index contributed by atoms with van der Waals surface area (Å²) in [5, 5.41) is 80.9. The number of aliphatic hydroxyl groups excluding tert-OH is 5. The number of ether oxygens (including phenoxy) is 1. The highest BCUT2D eigenvalue weighted by atomic mass is 16.5. The lowest BCUT2D eigenvalue weighted by molar-refractivity contribution is -0.232. The fourth-order valence-electron chi connectivity index (χ4n) is 4.44. The van der Waals surface area contributed by atoms with E-state index in [9.17, 15) is 45.6 Å². The number of carbonyl (C=O) groups excluding carboxylic acids is 1. The van der Waals surface area contributed by atoms with Crippen molar-refractivity contribution in [2.24, 2.45) is 0 Å². The first kappa shape index (κ1) is 21.5. The van der Waals surface area contributed by atoms with E-state index < -0.39 is 72.7 Å². The Kier molecular flexibility index (Phi) is 5.38. The number of rotatable bonds is 3. The van der Waals surface area contributed by atoms with Gasteiger partial charge in [0.15, 0.2) is 11.5 Å². The van der Waals surface area contributed by atoms with Gasteiger partial charge in [0.05, 0.1) is 30.4 Å². The summed E-state index contributed by atoms with van der Waals surface area (Å²) in [4.78, 5) is 13.1. The quantitative estimate of drug-likeness (QED) is 0.273. The molecule has 0 bridgehead atoms. The molecule has 0 aromatic heterocycles. The molecule has 4 rings (SSSR count). The molecule has 1 aliphatic carbocycles. The van der Waals surface area contributed by atoms with E-state index in [1.165, 1.54) is 18.2 Å². The summed E-state index contributed by atoms with van der Waals surface area (Å²) in [6.45, 7) is -1.14. The van der Waals surface area contributed by atoms with Crippen LogP contribution in [0.15, 0.2) is 24.3 Å². The van der Waals surface area contributed by atoms with E-state index >= 15 is 0 Å². The Balaban J connectivity index is 1.98. The predicted molar refractivity (Wildman–Crippen MR) is 103 cm³/mol. The molecule has 1 fully saturated rings. The number of phenolic OH excluding ortho intramolecular Hbond substituents is 3. The maximum absolute atomic E-state index is 13.1. The molecule has 1 saturated heterocycles. The zero-order valence-corrected chi connectivity index (χ0v) is 16.1. The SMILES string of the molecule is O=C1c2c(O)cc(CO)cc2C(C2OC(CO)C(O)C(O)C2O)c2ccc(O)c(O)c21. The summed E-state index contributed by atoms with van der Waals surface area (Å²) in [5.41, 5.74) is -0.0123. The number of hydrogen-bond acceptors (Lipinski definition) is 10. The van der Waals surface area contributed by atoms with Crippen molar-refractivity contribution in [1.29, 1.82) is 0 Å². The third-order valence-corrected chi connectivity index (χ3v) is 5.96. The van der Waals surface area contributed by atoms with E-state index in [1.807, 2.05) is 0 Å². The van der Waals surface area contributed by atoms with Gasteiger partial charge in [-0.3, -0.25) is 4.79 Å². The van der Waals surface area contributed by atoms with E-state index in [4.69, 9.17) is 4.74 Å². The highest BCUT2D eigenvalue weighted by molar-refractivity contribution is 6.16. The van der Waals surface area contributed by atoms with Gasteiger partial charge >= 0.3 is 0 Å². The number of hydrogen-bond donors (Lipinski definition) is 8. The normalized spacial score (nSPS) is 30.0. The molecule has 10 nitrogen and oxygen atoms in total. The third-order valence-electron chi connectivity index (χ3n) is 5.96. The van der Waals surface area contributed by atoms with Crippen molar-refractivity contribution in [3.8, 4) is 17.2 Å². The smallest absolute Gasteiger partial charge is 0.201 e. The van der Waals surface area contributed by atoms with E-state index in [-0.39, 0.29) is 27.8 Å². The summed E-state index contributed by atoms with van der Waals surface area (Å²) in [7, 11) is 0. The summed E-state index contributed by atoms with van der Waals surface area (Å²) in [6.07, 6.45) is -7.52. The first-order valence-corrected chi connectivity index (χ1v) is 9.57. The second kappa shape index (κ2) is 7.75. The summed E-state index contributed by atoms with van der Waals surface area (Å²) < 4.78 is 5.69. The Morgan fingerprint density at radius 1 is 0.839 bits per heavy atom. The highest BCUT2D eigenvalue weighted by Crippen LogP contribution is 2.49. The van der Waals surface area contributed by atoms with E-state index in [0.717, 1.165) is 6.07 Å². The molecule has 8 N–H and O–H groups in total. The molecular formula is C21H22O10. The Hall–Kier alpha value is -2.73. The van der Waals surface area contributed by atoms with Gasteiger partial charge in [0.25, 0.3) is 0 Å². The molecule has 6 atom stereocenters. The molecule has 0 spiro atoms. The van der Waals surface area contributed by atoms with Crippen molar-refractivity contribution in [2.45, 2.75) is 43.0 Å². The van der Waals surface area contributed by atoms with Gasteiger partial charge < -0.3 is 45.6 Å². The number of aromatic hydroxyl groups is 3. The second-order valence-corrected chi connectivity index (χ2v) is 7.74. The Labute approximate surface area is 175 Å². The molecule has 0 saturated carbocycles. The van der Waals surface area contributed by atoms with Crippen LogP contribution in [0, 0.1) is 0 Å². The van der Waals surface area contributed by atoms with Crippen LogP contribution in [0.1, 0.15) is 38.5 Å². The predicted octanol–water partition coefficient (Wildman–Crippen LogP) is -1.19. The molecule has 2 aromatic rings. The first-order chi connectivity index (χ1) is 14.7. The summed E-state index contributed by atoms with van der Waals surface area (Å²) in [5.74, 6) is -3.66. The largest absolute Gasteiger partial charge is 0.507 e. The monoisotopic (exact) mass is 434 g/mol. The van der Waals surface area contributed by atoms with Crippen molar-refractivity contribution in [2.75, 3.05) is 6.61 Å². The molecule has 2 aliphatic rings.